The first-order valence-electron chi connectivity index (χ1n) is 9.63. The minimum absolute atomic E-state index is 0.0211. The molecule has 0 aromatic rings. The Morgan fingerprint density at radius 1 is 0.952 bits per heavy atom. The van der Waals surface area contributed by atoms with Crippen molar-refractivity contribution in [3.8, 4) is 0 Å². The second kappa shape index (κ2) is 4.73. The molecule has 1 N–H and O–H groups in total. The van der Waals surface area contributed by atoms with Crippen LogP contribution in [0.3, 0.4) is 0 Å². The van der Waals surface area contributed by atoms with E-state index >= 15 is 0 Å². The fraction of sp³-hybridized carbons (Fsp3) is 1.00. The molecule has 0 aromatic heterocycles. The molecule has 1 nitrogen and oxygen atoms in total. The second-order valence-corrected chi connectivity index (χ2v) is 9.70. The van der Waals surface area contributed by atoms with Crippen LogP contribution in [0.25, 0.3) is 0 Å². The van der Waals surface area contributed by atoms with Gasteiger partial charge in [0.2, 0.25) is 0 Å². The van der Waals surface area contributed by atoms with Gasteiger partial charge in [0.25, 0.3) is 0 Å². The van der Waals surface area contributed by atoms with Gasteiger partial charge in [0.15, 0.2) is 0 Å². The number of fused-ring (bicyclic) bond motifs is 5. The van der Waals surface area contributed by atoms with Crippen LogP contribution in [-0.2, 0) is 0 Å². The predicted molar refractivity (Wildman–Crippen MR) is 86.9 cm³/mol. The highest BCUT2D eigenvalue weighted by molar-refractivity contribution is 5.09. The molecule has 8 atom stereocenters. The molecule has 0 aliphatic heterocycles. The summed E-state index contributed by atoms with van der Waals surface area (Å²) >= 11 is 0. The molecule has 0 heterocycles. The van der Waals surface area contributed by atoms with E-state index in [0.717, 1.165) is 36.0 Å². The van der Waals surface area contributed by atoms with Crippen molar-refractivity contribution < 1.29 is 5.11 Å². The molecule has 21 heavy (non-hydrogen) atoms. The Labute approximate surface area is 130 Å². The minimum atomic E-state index is -0.0211. The van der Waals surface area contributed by atoms with E-state index in [1.807, 2.05) is 0 Å². The fourth-order valence-corrected chi connectivity index (χ4v) is 7.73. The number of aliphatic hydroxyl groups excluding tert-OH is 1. The van der Waals surface area contributed by atoms with E-state index in [9.17, 15) is 5.11 Å². The van der Waals surface area contributed by atoms with Gasteiger partial charge in [-0.25, -0.2) is 0 Å². The quantitative estimate of drug-likeness (QED) is 0.663. The van der Waals surface area contributed by atoms with Crippen molar-refractivity contribution in [2.75, 3.05) is 0 Å². The lowest BCUT2D eigenvalue weighted by molar-refractivity contribution is -0.159. The lowest BCUT2D eigenvalue weighted by Gasteiger charge is -2.61. The summed E-state index contributed by atoms with van der Waals surface area (Å²) in [4.78, 5) is 0. The van der Waals surface area contributed by atoms with Gasteiger partial charge < -0.3 is 5.11 Å². The summed E-state index contributed by atoms with van der Waals surface area (Å²) in [6, 6.07) is 0. The summed E-state index contributed by atoms with van der Waals surface area (Å²) in [5.74, 6) is 4.43. The minimum Gasteiger partial charge on any atom is -0.393 e. The van der Waals surface area contributed by atoms with Gasteiger partial charge in [-0.15, -0.1) is 0 Å². The van der Waals surface area contributed by atoms with Crippen molar-refractivity contribution in [3.63, 3.8) is 0 Å². The molecule has 0 saturated heterocycles. The summed E-state index contributed by atoms with van der Waals surface area (Å²) in [6.07, 6.45) is 12.3. The van der Waals surface area contributed by atoms with Crippen molar-refractivity contribution in [2.45, 2.75) is 84.7 Å². The Hall–Kier alpha value is -0.0400. The summed E-state index contributed by atoms with van der Waals surface area (Å²) in [5.41, 5.74) is 0.873. The lowest BCUT2D eigenvalue weighted by Crippen LogP contribution is -2.57. The third-order valence-electron chi connectivity index (χ3n) is 8.70. The van der Waals surface area contributed by atoms with Crippen LogP contribution in [-0.4, -0.2) is 11.2 Å². The van der Waals surface area contributed by atoms with Crippen LogP contribution in [0.2, 0.25) is 0 Å². The molecule has 4 fully saturated rings. The molecule has 4 aliphatic rings. The van der Waals surface area contributed by atoms with Crippen LogP contribution < -0.4 is 0 Å². The largest absolute Gasteiger partial charge is 0.393 e. The summed E-state index contributed by atoms with van der Waals surface area (Å²) in [5, 5.41) is 10.9. The Morgan fingerprint density at radius 3 is 2.57 bits per heavy atom. The SMILES string of the molecule is CC1C[C@H]2[C@@H]3CCC4CCCC(O)[C@]4(C)[C@@H]3CC[C@]2(C)C1. The van der Waals surface area contributed by atoms with Gasteiger partial charge in [-0.1, -0.05) is 27.2 Å². The molecule has 4 aliphatic carbocycles. The first kappa shape index (κ1) is 14.5. The van der Waals surface area contributed by atoms with E-state index in [2.05, 4.69) is 20.8 Å². The molecule has 0 radical (unpaired) electrons. The maximum Gasteiger partial charge on any atom is 0.0599 e. The van der Waals surface area contributed by atoms with Crippen LogP contribution in [0, 0.1) is 40.4 Å². The van der Waals surface area contributed by atoms with Gasteiger partial charge in [-0.3, -0.25) is 0 Å². The molecule has 0 spiro atoms. The maximum absolute atomic E-state index is 10.9. The smallest absolute Gasteiger partial charge is 0.0599 e. The third-order valence-corrected chi connectivity index (χ3v) is 8.70. The van der Waals surface area contributed by atoms with Gasteiger partial charge >= 0.3 is 0 Å². The molecule has 0 aromatic carbocycles. The van der Waals surface area contributed by atoms with Gasteiger partial charge in [0.05, 0.1) is 6.10 Å². The highest BCUT2D eigenvalue weighted by Gasteiger charge is 2.60. The van der Waals surface area contributed by atoms with Gasteiger partial charge in [-0.2, -0.15) is 0 Å². The first-order valence-corrected chi connectivity index (χ1v) is 9.63. The van der Waals surface area contributed by atoms with Crippen molar-refractivity contribution in [2.24, 2.45) is 40.4 Å². The van der Waals surface area contributed by atoms with Gasteiger partial charge in [0.1, 0.15) is 0 Å². The van der Waals surface area contributed by atoms with Gasteiger partial charge in [-0.05, 0) is 91.8 Å². The molecule has 0 bridgehead atoms. The average molecular weight is 290 g/mol. The van der Waals surface area contributed by atoms with Crippen molar-refractivity contribution in [3.05, 3.63) is 0 Å². The van der Waals surface area contributed by atoms with Crippen LogP contribution in [0.4, 0.5) is 0 Å². The molecular weight excluding hydrogens is 256 g/mol. The molecule has 120 valence electrons. The summed E-state index contributed by atoms with van der Waals surface area (Å²) < 4.78 is 0. The topological polar surface area (TPSA) is 20.2 Å². The number of aliphatic hydroxyl groups is 1. The van der Waals surface area contributed by atoms with Crippen LogP contribution in [0.1, 0.15) is 78.6 Å². The van der Waals surface area contributed by atoms with Crippen molar-refractivity contribution in [1.29, 1.82) is 0 Å². The molecule has 0 amide bonds. The zero-order valence-electron chi connectivity index (χ0n) is 14.3. The lowest BCUT2D eigenvalue weighted by atomic mass is 9.45. The van der Waals surface area contributed by atoms with E-state index in [0.29, 0.717) is 5.41 Å². The fourth-order valence-electron chi connectivity index (χ4n) is 7.73. The monoisotopic (exact) mass is 290 g/mol. The normalized spacial score (nSPS) is 60.0. The molecule has 4 saturated carbocycles. The maximum atomic E-state index is 10.9. The van der Waals surface area contributed by atoms with E-state index in [-0.39, 0.29) is 11.5 Å². The zero-order chi connectivity index (χ0) is 14.8. The average Bonchev–Trinajstić information content (AvgIpc) is 2.74. The first-order chi connectivity index (χ1) is 9.95. The van der Waals surface area contributed by atoms with Crippen LogP contribution >= 0.6 is 0 Å². The van der Waals surface area contributed by atoms with E-state index in [1.165, 1.54) is 51.4 Å². The molecular formula is C20H34O. The highest BCUT2D eigenvalue weighted by Crippen LogP contribution is 2.66. The van der Waals surface area contributed by atoms with Gasteiger partial charge in [0, 0.05) is 0 Å². The number of hydrogen-bond acceptors (Lipinski definition) is 1. The molecule has 1 heteroatoms. The summed E-state index contributed by atoms with van der Waals surface area (Å²) in [6.45, 7) is 7.53. The second-order valence-electron chi connectivity index (χ2n) is 9.70. The Bertz CT molecular complexity index is 418. The molecule has 4 rings (SSSR count). The Morgan fingerprint density at radius 2 is 1.76 bits per heavy atom. The number of rotatable bonds is 0. The Balaban J connectivity index is 1.66. The Kier molecular flexibility index (Phi) is 3.27. The predicted octanol–water partition coefficient (Wildman–Crippen LogP) is 5.03. The summed E-state index contributed by atoms with van der Waals surface area (Å²) in [7, 11) is 0. The van der Waals surface area contributed by atoms with Crippen molar-refractivity contribution in [1.82, 2.24) is 0 Å². The van der Waals surface area contributed by atoms with Crippen LogP contribution in [0.5, 0.6) is 0 Å². The van der Waals surface area contributed by atoms with Crippen molar-refractivity contribution >= 4 is 0 Å². The standard InChI is InChI=1S/C20H34O/c1-13-11-17-15-8-7-14-5-4-6-18(21)20(14,3)16(15)9-10-19(17,2)12-13/h13-18,21H,4-12H2,1-3H3/t13?,14?,15-,16-,17+,18?,19-,20+/m1/s1. The highest BCUT2D eigenvalue weighted by atomic mass is 16.3. The van der Waals surface area contributed by atoms with E-state index < -0.39 is 0 Å². The van der Waals surface area contributed by atoms with Crippen LogP contribution in [0.15, 0.2) is 0 Å². The third kappa shape index (κ3) is 1.92. The zero-order valence-corrected chi connectivity index (χ0v) is 14.3. The van der Waals surface area contributed by atoms with E-state index in [1.54, 1.807) is 0 Å². The van der Waals surface area contributed by atoms with E-state index in [4.69, 9.17) is 0 Å². The number of hydrogen-bond donors (Lipinski definition) is 1. The molecule has 3 unspecified atom stereocenters.